The SMILES string of the molecule is CCCNC(=O)CCSCCC(=O)NCCC. The smallest absolute Gasteiger partial charge is 0.220 e. The standard InChI is InChI=1S/C12H24N2O2S/c1-3-7-13-11(15)5-9-17-10-6-12(16)14-8-4-2/h3-10H2,1-2H3,(H,13,15)(H,14,16). The number of amides is 2. The van der Waals surface area contributed by atoms with Gasteiger partial charge in [0.05, 0.1) is 0 Å². The third-order valence-electron chi connectivity index (χ3n) is 2.09. The zero-order valence-electron chi connectivity index (χ0n) is 10.9. The summed E-state index contributed by atoms with van der Waals surface area (Å²) in [4.78, 5) is 22.5. The minimum absolute atomic E-state index is 0.106. The van der Waals surface area contributed by atoms with Crippen LogP contribution in [0.3, 0.4) is 0 Å². The highest BCUT2D eigenvalue weighted by atomic mass is 32.2. The number of carbonyl (C=O) groups is 2. The van der Waals surface area contributed by atoms with Gasteiger partial charge in [0.25, 0.3) is 0 Å². The molecule has 0 fully saturated rings. The van der Waals surface area contributed by atoms with Crippen molar-refractivity contribution in [3.63, 3.8) is 0 Å². The van der Waals surface area contributed by atoms with Crippen molar-refractivity contribution in [1.29, 1.82) is 0 Å². The van der Waals surface area contributed by atoms with Crippen molar-refractivity contribution in [2.75, 3.05) is 24.6 Å². The van der Waals surface area contributed by atoms with Gasteiger partial charge in [-0.25, -0.2) is 0 Å². The zero-order valence-corrected chi connectivity index (χ0v) is 11.7. The van der Waals surface area contributed by atoms with Gasteiger partial charge in [0.2, 0.25) is 11.8 Å². The maximum Gasteiger partial charge on any atom is 0.220 e. The largest absolute Gasteiger partial charge is 0.356 e. The Morgan fingerprint density at radius 2 is 1.29 bits per heavy atom. The summed E-state index contributed by atoms with van der Waals surface area (Å²) in [6.07, 6.45) is 3.02. The Bertz CT molecular complexity index is 201. The molecule has 0 aliphatic heterocycles. The van der Waals surface area contributed by atoms with Gasteiger partial charge in [-0.05, 0) is 12.8 Å². The molecule has 0 aliphatic rings. The van der Waals surface area contributed by atoms with Crippen molar-refractivity contribution in [3.8, 4) is 0 Å². The monoisotopic (exact) mass is 260 g/mol. The van der Waals surface area contributed by atoms with Crippen LogP contribution in [0.2, 0.25) is 0 Å². The fourth-order valence-electron chi connectivity index (χ4n) is 1.14. The van der Waals surface area contributed by atoms with Gasteiger partial charge in [-0.2, -0.15) is 11.8 Å². The van der Waals surface area contributed by atoms with E-state index in [1.54, 1.807) is 11.8 Å². The Morgan fingerprint density at radius 3 is 1.65 bits per heavy atom. The third kappa shape index (κ3) is 11.6. The van der Waals surface area contributed by atoms with E-state index in [-0.39, 0.29) is 11.8 Å². The van der Waals surface area contributed by atoms with Crippen LogP contribution in [0.5, 0.6) is 0 Å². The van der Waals surface area contributed by atoms with Gasteiger partial charge < -0.3 is 10.6 Å². The van der Waals surface area contributed by atoms with Gasteiger partial charge in [-0.1, -0.05) is 13.8 Å². The lowest BCUT2D eigenvalue weighted by Gasteiger charge is -2.04. The molecule has 0 saturated heterocycles. The molecule has 0 aromatic heterocycles. The lowest BCUT2D eigenvalue weighted by Crippen LogP contribution is -2.25. The van der Waals surface area contributed by atoms with Crippen molar-refractivity contribution < 1.29 is 9.59 Å². The van der Waals surface area contributed by atoms with E-state index in [9.17, 15) is 9.59 Å². The molecule has 100 valence electrons. The topological polar surface area (TPSA) is 58.2 Å². The first kappa shape index (κ1) is 16.3. The molecule has 0 saturated carbocycles. The molecule has 0 atom stereocenters. The second-order valence-electron chi connectivity index (χ2n) is 3.81. The Hall–Kier alpha value is -0.710. The zero-order chi connectivity index (χ0) is 12.9. The summed E-state index contributed by atoms with van der Waals surface area (Å²) in [6.45, 7) is 5.57. The highest BCUT2D eigenvalue weighted by Gasteiger charge is 2.02. The molecule has 17 heavy (non-hydrogen) atoms. The van der Waals surface area contributed by atoms with E-state index in [1.807, 2.05) is 13.8 Å². The molecule has 0 unspecified atom stereocenters. The van der Waals surface area contributed by atoms with Crippen LogP contribution in [0.1, 0.15) is 39.5 Å². The van der Waals surface area contributed by atoms with Crippen molar-refractivity contribution in [3.05, 3.63) is 0 Å². The number of nitrogens with one attached hydrogen (secondary N) is 2. The summed E-state index contributed by atoms with van der Waals surface area (Å²) < 4.78 is 0. The molecule has 4 nitrogen and oxygen atoms in total. The highest BCUT2D eigenvalue weighted by Crippen LogP contribution is 2.04. The summed E-state index contributed by atoms with van der Waals surface area (Å²) >= 11 is 1.66. The molecule has 0 radical (unpaired) electrons. The number of hydrogen-bond donors (Lipinski definition) is 2. The van der Waals surface area contributed by atoms with Crippen LogP contribution in [0, 0.1) is 0 Å². The fraction of sp³-hybridized carbons (Fsp3) is 0.833. The van der Waals surface area contributed by atoms with Crippen LogP contribution in [0.25, 0.3) is 0 Å². The van der Waals surface area contributed by atoms with E-state index in [1.165, 1.54) is 0 Å². The quantitative estimate of drug-likeness (QED) is 0.586. The average Bonchev–Trinajstić information content (AvgIpc) is 2.33. The Morgan fingerprint density at radius 1 is 0.882 bits per heavy atom. The number of thioether (sulfide) groups is 1. The molecular weight excluding hydrogens is 236 g/mol. The van der Waals surface area contributed by atoms with Crippen LogP contribution in [0.15, 0.2) is 0 Å². The molecule has 0 rings (SSSR count). The first-order valence-electron chi connectivity index (χ1n) is 6.31. The Kier molecular flexibility index (Phi) is 11.3. The Labute approximate surface area is 108 Å². The van der Waals surface area contributed by atoms with E-state index in [0.29, 0.717) is 12.8 Å². The van der Waals surface area contributed by atoms with Crippen molar-refractivity contribution in [2.45, 2.75) is 39.5 Å². The van der Waals surface area contributed by atoms with Crippen molar-refractivity contribution in [1.82, 2.24) is 10.6 Å². The molecule has 0 aliphatic carbocycles. The lowest BCUT2D eigenvalue weighted by atomic mass is 10.4. The summed E-state index contributed by atoms with van der Waals surface area (Å²) in [5.41, 5.74) is 0. The number of rotatable bonds is 10. The predicted octanol–water partition coefficient (Wildman–Crippen LogP) is 1.55. The van der Waals surface area contributed by atoms with Crippen LogP contribution >= 0.6 is 11.8 Å². The van der Waals surface area contributed by atoms with Gasteiger partial charge in [-0.3, -0.25) is 9.59 Å². The van der Waals surface area contributed by atoms with Crippen LogP contribution in [0.4, 0.5) is 0 Å². The van der Waals surface area contributed by atoms with E-state index in [0.717, 1.165) is 37.4 Å². The number of carbonyl (C=O) groups excluding carboxylic acids is 2. The predicted molar refractivity (Wildman–Crippen MR) is 73.2 cm³/mol. The Balaban J connectivity index is 3.28. The third-order valence-corrected chi connectivity index (χ3v) is 3.08. The van der Waals surface area contributed by atoms with E-state index in [4.69, 9.17) is 0 Å². The van der Waals surface area contributed by atoms with Gasteiger partial charge >= 0.3 is 0 Å². The maximum absolute atomic E-state index is 11.2. The van der Waals surface area contributed by atoms with Crippen LogP contribution in [-0.4, -0.2) is 36.4 Å². The minimum Gasteiger partial charge on any atom is -0.356 e. The molecule has 0 aromatic carbocycles. The summed E-state index contributed by atoms with van der Waals surface area (Å²) in [5.74, 6) is 1.79. The second-order valence-corrected chi connectivity index (χ2v) is 5.04. The first-order chi connectivity index (χ1) is 8.20. The molecule has 0 aromatic rings. The van der Waals surface area contributed by atoms with Crippen molar-refractivity contribution in [2.24, 2.45) is 0 Å². The van der Waals surface area contributed by atoms with E-state index < -0.39 is 0 Å². The van der Waals surface area contributed by atoms with Gasteiger partial charge in [0.15, 0.2) is 0 Å². The average molecular weight is 260 g/mol. The molecule has 5 heteroatoms. The summed E-state index contributed by atoms with van der Waals surface area (Å²) in [7, 11) is 0. The minimum atomic E-state index is 0.106. The second kappa shape index (κ2) is 11.8. The van der Waals surface area contributed by atoms with E-state index >= 15 is 0 Å². The summed E-state index contributed by atoms with van der Waals surface area (Å²) in [5, 5.41) is 5.66. The fourth-order valence-corrected chi connectivity index (χ4v) is 2.00. The van der Waals surface area contributed by atoms with Gasteiger partial charge in [0, 0.05) is 37.4 Å². The highest BCUT2D eigenvalue weighted by molar-refractivity contribution is 7.99. The van der Waals surface area contributed by atoms with Gasteiger partial charge in [-0.15, -0.1) is 0 Å². The normalized spacial score (nSPS) is 10.0. The van der Waals surface area contributed by atoms with Crippen LogP contribution < -0.4 is 10.6 Å². The molecule has 0 bridgehead atoms. The first-order valence-corrected chi connectivity index (χ1v) is 7.47. The molecule has 2 N–H and O–H groups in total. The van der Waals surface area contributed by atoms with Gasteiger partial charge in [0.1, 0.15) is 0 Å². The number of hydrogen-bond acceptors (Lipinski definition) is 3. The van der Waals surface area contributed by atoms with Crippen LogP contribution in [-0.2, 0) is 9.59 Å². The molecule has 0 spiro atoms. The summed E-state index contributed by atoms with van der Waals surface area (Å²) in [6, 6.07) is 0. The molecular formula is C12H24N2O2S. The van der Waals surface area contributed by atoms with Crippen molar-refractivity contribution >= 4 is 23.6 Å². The molecule has 0 heterocycles. The molecule has 2 amide bonds. The van der Waals surface area contributed by atoms with E-state index in [2.05, 4.69) is 10.6 Å². The maximum atomic E-state index is 11.2. The lowest BCUT2D eigenvalue weighted by molar-refractivity contribution is -0.121.